The number of benzene rings is 1. The van der Waals surface area contributed by atoms with Crippen molar-refractivity contribution < 1.29 is 18.4 Å². The molecule has 9 nitrogen and oxygen atoms in total. The maximum atomic E-state index is 14.8. The van der Waals surface area contributed by atoms with Crippen molar-refractivity contribution in [1.29, 1.82) is 0 Å². The number of halogens is 2. The van der Waals surface area contributed by atoms with Gasteiger partial charge in [-0.05, 0) is 29.2 Å². The summed E-state index contributed by atoms with van der Waals surface area (Å²) < 4.78 is 29.2. The van der Waals surface area contributed by atoms with E-state index in [9.17, 15) is 18.4 Å². The molecule has 0 radical (unpaired) electrons. The van der Waals surface area contributed by atoms with Crippen LogP contribution in [0.2, 0.25) is 0 Å². The molecule has 1 aliphatic heterocycles. The average Bonchev–Trinajstić information content (AvgIpc) is 3.47. The average molecular weight is 484 g/mol. The van der Waals surface area contributed by atoms with E-state index in [2.05, 4.69) is 25.7 Å². The Kier molecular flexibility index (Phi) is 7.04. The zero-order chi connectivity index (χ0) is 25.1. The first kappa shape index (κ1) is 24.2. The maximum absolute atomic E-state index is 14.8. The molecule has 2 unspecified atom stereocenters. The molecular formula is C24H27F2N7O2. The number of nitrogens with zero attached hydrogens (tertiary/aromatic N) is 4. The van der Waals surface area contributed by atoms with Crippen LogP contribution in [0.1, 0.15) is 54.6 Å². The van der Waals surface area contributed by atoms with Gasteiger partial charge in [0.2, 0.25) is 11.8 Å². The van der Waals surface area contributed by atoms with Gasteiger partial charge in [-0.1, -0.05) is 32.0 Å². The number of nitrogen functional groups attached to an aromatic ring is 1. The van der Waals surface area contributed by atoms with Crippen LogP contribution >= 0.6 is 0 Å². The molecule has 4 N–H and O–H groups in total. The van der Waals surface area contributed by atoms with Crippen LogP contribution in [0.5, 0.6) is 0 Å². The summed E-state index contributed by atoms with van der Waals surface area (Å²) in [7, 11) is 0. The molecule has 3 atom stereocenters. The molecule has 2 amide bonds. The summed E-state index contributed by atoms with van der Waals surface area (Å²) in [4.78, 5) is 31.5. The van der Waals surface area contributed by atoms with Crippen molar-refractivity contribution in [2.24, 2.45) is 0 Å². The summed E-state index contributed by atoms with van der Waals surface area (Å²) in [5.74, 6) is -1.28. The van der Waals surface area contributed by atoms with Crippen LogP contribution in [0.15, 0.2) is 42.7 Å². The van der Waals surface area contributed by atoms with Crippen molar-refractivity contribution in [1.82, 2.24) is 30.6 Å². The van der Waals surface area contributed by atoms with E-state index in [-0.39, 0.29) is 31.1 Å². The first-order valence-electron chi connectivity index (χ1n) is 11.3. The Labute approximate surface area is 201 Å². The number of carbonyl (C=O) groups excluding carboxylic acids is 2. The van der Waals surface area contributed by atoms with Crippen molar-refractivity contribution in [2.45, 2.75) is 50.9 Å². The van der Waals surface area contributed by atoms with Crippen LogP contribution in [0.4, 0.5) is 14.6 Å². The largest absolute Gasteiger partial charge is 0.383 e. The number of H-pyrrole nitrogens is 1. The number of anilines is 1. The van der Waals surface area contributed by atoms with Gasteiger partial charge in [-0.15, -0.1) is 0 Å². The molecule has 4 rings (SSSR count). The minimum Gasteiger partial charge on any atom is -0.383 e. The Balaban J connectivity index is 1.62. The first-order valence-corrected chi connectivity index (χ1v) is 11.3. The van der Waals surface area contributed by atoms with Gasteiger partial charge in [-0.3, -0.25) is 9.59 Å². The Hall–Kier alpha value is -3.89. The van der Waals surface area contributed by atoms with Crippen LogP contribution in [0.3, 0.4) is 0 Å². The lowest BCUT2D eigenvalue weighted by atomic mass is 9.94. The minimum absolute atomic E-state index is 0.0233. The summed E-state index contributed by atoms with van der Waals surface area (Å²) >= 11 is 0. The fraction of sp³-hybridized carbons (Fsp3) is 0.375. The molecule has 0 saturated carbocycles. The number of rotatable bonds is 7. The van der Waals surface area contributed by atoms with Crippen molar-refractivity contribution in [3.63, 3.8) is 0 Å². The Morgan fingerprint density at radius 1 is 1.29 bits per heavy atom. The van der Waals surface area contributed by atoms with Gasteiger partial charge in [0.15, 0.2) is 0 Å². The van der Waals surface area contributed by atoms with Gasteiger partial charge >= 0.3 is 0 Å². The topological polar surface area (TPSA) is 130 Å². The highest BCUT2D eigenvalue weighted by Crippen LogP contribution is 2.30. The zero-order valence-corrected chi connectivity index (χ0v) is 19.4. The normalized spacial score (nSPS) is 18.6. The Morgan fingerprint density at radius 3 is 2.74 bits per heavy atom. The molecule has 1 fully saturated rings. The van der Waals surface area contributed by atoms with Crippen LogP contribution in [0.25, 0.3) is 0 Å². The Bertz CT molecular complexity index is 1200. The minimum atomic E-state index is -1.35. The molecule has 1 aliphatic rings. The first-order chi connectivity index (χ1) is 16.7. The summed E-state index contributed by atoms with van der Waals surface area (Å²) in [6.07, 6.45) is 1.29. The molecule has 3 aromatic rings. The molecule has 2 aromatic heterocycles. The molecule has 184 valence electrons. The molecule has 0 bridgehead atoms. The van der Waals surface area contributed by atoms with Crippen molar-refractivity contribution >= 4 is 17.6 Å². The summed E-state index contributed by atoms with van der Waals surface area (Å²) in [6.45, 7) is 3.56. The number of hydrogen-bond donors (Lipinski definition) is 3. The maximum Gasteiger partial charge on any atom is 0.243 e. The third-order valence-electron chi connectivity index (χ3n) is 6.12. The second-order valence-corrected chi connectivity index (χ2v) is 8.89. The molecule has 11 heteroatoms. The summed E-state index contributed by atoms with van der Waals surface area (Å²) in [5, 5.41) is 12.8. The van der Waals surface area contributed by atoms with Gasteiger partial charge in [-0.2, -0.15) is 15.4 Å². The number of pyridine rings is 1. The lowest BCUT2D eigenvalue weighted by Gasteiger charge is -2.27. The number of nitrogens with one attached hydrogen (secondary N) is 2. The molecule has 1 saturated heterocycles. The van der Waals surface area contributed by atoms with E-state index in [1.807, 2.05) is 13.8 Å². The van der Waals surface area contributed by atoms with Crippen LogP contribution < -0.4 is 11.1 Å². The summed E-state index contributed by atoms with van der Waals surface area (Å²) in [6, 6.07) is 6.19. The fourth-order valence-corrected chi connectivity index (χ4v) is 4.32. The van der Waals surface area contributed by atoms with Gasteiger partial charge < -0.3 is 16.0 Å². The van der Waals surface area contributed by atoms with Gasteiger partial charge in [0.1, 0.15) is 23.8 Å². The number of aromatic amines is 1. The number of alkyl halides is 1. The van der Waals surface area contributed by atoms with Crippen LogP contribution in [-0.2, 0) is 16.0 Å². The number of amides is 2. The van der Waals surface area contributed by atoms with Gasteiger partial charge in [0, 0.05) is 18.2 Å². The zero-order valence-electron chi connectivity index (χ0n) is 19.4. The molecule has 0 aliphatic carbocycles. The van der Waals surface area contributed by atoms with Gasteiger partial charge in [0.05, 0.1) is 30.9 Å². The smallest absolute Gasteiger partial charge is 0.243 e. The predicted octanol–water partition coefficient (Wildman–Crippen LogP) is 2.43. The highest BCUT2D eigenvalue weighted by Gasteiger charge is 2.40. The molecule has 3 heterocycles. The molecule has 0 spiro atoms. The van der Waals surface area contributed by atoms with Gasteiger partial charge in [0.25, 0.3) is 0 Å². The van der Waals surface area contributed by atoms with Crippen LogP contribution in [-0.4, -0.2) is 55.9 Å². The number of carbonyl (C=O) groups is 2. The SMILES string of the molecule is CC(C)c1ccc([C@@H](NC(=O)C2CC(F)CN2C(=O)Cc2cn[nH]n2)c2cccnc2N)cc1F. The summed E-state index contributed by atoms with van der Waals surface area (Å²) in [5.41, 5.74) is 7.93. The fourth-order valence-electron chi connectivity index (χ4n) is 4.32. The third-order valence-corrected chi connectivity index (χ3v) is 6.12. The Morgan fingerprint density at radius 2 is 2.09 bits per heavy atom. The van der Waals surface area contributed by atoms with E-state index in [4.69, 9.17) is 5.73 Å². The number of aromatic nitrogens is 4. The number of likely N-dealkylation sites (tertiary alicyclic amines) is 1. The monoisotopic (exact) mass is 483 g/mol. The predicted molar refractivity (Wildman–Crippen MR) is 124 cm³/mol. The second-order valence-electron chi connectivity index (χ2n) is 8.89. The van der Waals surface area contributed by atoms with Crippen molar-refractivity contribution in [3.05, 3.63) is 70.9 Å². The number of nitrogens with two attached hydrogens (primary N) is 1. The standard InChI is InChI=1S/C24H27F2N7O2/c1-13(2)17-6-5-14(8-19(17)26)22(18-4-3-7-28-23(18)27)30-24(35)20-9-15(25)12-33(20)21(34)10-16-11-29-32-31-16/h3-8,11,13,15,20,22H,9-10,12H2,1-2H3,(H2,27,28)(H,30,35)(H,29,31,32)/t15?,20?,22-/m1/s1. The third kappa shape index (κ3) is 5.28. The van der Waals surface area contributed by atoms with E-state index in [0.717, 1.165) is 0 Å². The highest BCUT2D eigenvalue weighted by molar-refractivity contribution is 5.89. The van der Waals surface area contributed by atoms with E-state index in [1.54, 1.807) is 24.3 Å². The van der Waals surface area contributed by atoms with Crippen molar-refractivity contribution in [3.8, 4) is 0 Å². The van der Waals surface area contributed by atoms with E-state index in [0.29, 0.717) is 22.4 Å². The molecule has 1 aromatic carbocycles. The van der Waals surface area contributed by atoms with E-state index >= 15 is 0 Å². The highest BCUT2D eigenvalue weighted by atomic mass is 19.1. The molecular weight excluding hydrogens is 456 g/mol. The molecule has 35 heavy (non-hydrogen) atoms. The van der Waals surface area contributed by atoms with Gasteiger partial charge in [-0.25, -0.2) is 13.8 Å². The lowest BCUT2D eigenvalue weighted by molar-refractivity contribution is -0.138. The van der Waals surface area contributed by atoms with Crippen LogP contribution in [0, 0.1) is 5.82 Å². The van der Waals surface area contributed by atoms with E-state index < -0.39 is 35.9 Å². The van der Waals surface area contributed by atoms with Crippen molar-refractivity contribution in [2.75, 3.05) is 12.3 Å². The number of hydrogen-bond acceptors (Lipinski definition) is 6. The van der Waals surface area contributed by atoms with E-state index in [1.165, 1.54) is 23.4 Å². The quantitative estimate of drug-likeness (QED) is 0.473. The second kappa shape index (κ2) is 10.2. The lowest BCUT2D eigenvalue weighted by Crippen LogP contribution is -2.47.